The fourth-order valence-electron chi connectivity index (χ4n) is 3.03. The van der Waals surface area contributed by atoms with Crippen LogP contribution < -0.4 is 5.73 Å². The van der Waals surface area contributed by atoms with Gasteiger partial charge >= 0.3 is 6.18 Å². The highest BCUT2D eigenvalue weighted by Crippen LogP contribution is 2.43. The quantitative estimate of drug-likeness (QED) is 0.720. The van der Waals surface area contributed by atoms with Crippen LogP contribution in [0.4, 0.5) is 23.4 Å². The molecule has 0 saturated heterocycles. The van der Waals surface area contributed by atoms with E-state index in [2.05, 4.69) is 25.4 Å². The number of hydrogen-bond acceptors (Lipinski definition) is 8. The fourth-order valence-corrected chi connectivity index (χ4v) is 4.72. The Kier molecular flexibility index (Phi) is 5.86. The number of nitrogen functional groups attached to an aromatic ring is 1. The molecule has 2 heterocycles. The summed E-state index contributed by atoms with van der Waals surface area (Å²) >= 11 is 2.78. The summed E-state index contributed by atoms with van der Waals surface area (Å²) in [6, 6.07) is 0. The van der Waals surface area contributed by atoms with E-state index in [1.807, 2.05) is 0 Å². The molecule has 1 fully saturated rings. The van der Waals surface area contributed by atoms with E-state index in [0.717, 1.165) is 35.7 Å². The molecule has 0 radical (unpaired) electrons. The molecule has 0 spiro atoms. The molecule has 2 aromatic heterocycles. The van der Waals surface area contributed by atoms with E-state index in [1.165, 1.54) is 22.7 Å². The average Bonchev–Trinajstić information content (AvgIpc) is 3.22. The molecule has 0 bridgehead atoms. The highest BCUT2D eigenvalue weighted by Gasteiger charge is 2.29. The smallest absolute Gasteiger partial charge is 0.374 e. The van der Waals surface area contributed by atoms with Gasteiger partial charge in [0.05, 0.1) is 0 Å². The summed E-state index contributed by atoms with van der Waals surface area (Å²) in [6.07, 6.45) is -1.15. The molecule has 0 amide bonds. The van der Waals surface area contributed by atoms with Gasteiger partial charge in [-0.3, -0.25) is 0 Å². The first kappa shape index (κ1) is 19.2. The van der Waals surface area contributed by atoms with E-state index in [9.17, 15) is 13.2 Å². The Labute approximate surface area is 156 Å². The van der Waals surface area contributed by atoms with Crippen molar-refractivity contribution in [3.05, 3.63) is 10.0 Å². The molecule has 2 aromatic rings. The molecule has 2 N–H and O–H groups in total. The van der Waals surface area contributed by atoms with Crippen LogP contribution in [0.5, 0.6) is 0 Å². The van der Waals surface area contributed by atoms with Gasteiger partial charge in [0.15, 0.2) is 0 Å². The lowest BCUT2D eigenvalue weighted by Gasteiger charge is -2.25. The topological polar surface area (TPSA) is 89.9 Å². The minimum atomic E-state index is -4.17. The van der Waals surface area contributed by atoms with Gasteiger partial charge in [-0.05, 0) is 32.6 Å². The summed E-state index contributed by atoms with van der Waals surface area (Å²) in [5.74, 6) is 0.573. The Hall–Kier alpha value is -1.62. The van der Waals surface area contributed by atoms with Gasteiger partial charge in [-0.1, -0.05) is 29.1 Å². The van der Waals surface area contributed by atoms with Crippen LogP contribution in [0.3, 0.4) is 0 Å². The maximum absolute atomic E-state index is 12.3. The molecule has 2 atom stereocenters. The summed E-state index contributed by atoms with van der Waals surface area (Å²) in [5.41, 5.74) is 6.08. The Bertz CT molecular complexity index is 770. The molecule has 142 valence electrons. The zero-order chi connectivity index (χ0) is 18.7. The minimum absolute atomic E-state index is 0.123. The number of aromatic nitrogens is 4. The van der Waals surface area contributed by atoms with Crippen molar-refractivity contribution in [3.8, 4) is 0 Å². The second-order valence-electron chi connectivity index (χ2n) is 6.42. The second-order valence-corrected chi connectivity index (χ2v) is 8.45. The lowest BCUT2D eigenvalue weighted by Crippen LogP contribution is -2.12. The van der Waals surface area contributed by atoms with Crippen molar-refractivity contribution in [1.82, 2.24) is 20.4 Å². The number of anilines is 1. The third-order valence-electron chi connectivity index (χ3n) is 4.32. The molecule has 3 rings (SSSR count). The lowest BCUT2D eigenvalue weighted by molar-refractivity contribution is -0.132. The first-order valence-electron chi connectivity index (χ1n) is 8.33. The number of alkyl halides is 3. The number of nitrogens with zero attached hydrogens (tertiary/aromatic N) is 5. The summed E-state index contributed by atoms with van der Waals surface area (Å²) in [4.78, 5) is 4.18. The molecule has 6 nitrogen and oxygen atoms in total. The van der Waals surface area contributed by atoms with E-state index in [0.29, 0.717) is 21.9 Å². The van der Waals surface area contributed by atoms with Gasteiger partial charge in [0.1, 0.15) is 10.0 Å². The van der Waals surface area contributed by atoms with Crippen molar-refractivity contribution in [2.45, 2.75) is 63.5 Å². The highest BCUT2D eigenvalue weighted by atomic mass is 32.1. The van der Waals surface area contributed by atoms with Crippen LogP contribution in [0.15, 0.2) is 4.99 Å². The number of hydrogen-bond donors (Lipinski definition) is 1. The Morgan fingerprint density at radius 1 is 1.12 bits per heavy atom. The molecule has 1 aliphatic carbocycles. The van der Waals surface area contributed by atoms with Crippen molar-refractivity contribution < 1.29 is 13.2 Å². The summed E-state index contributed by atoms with van der Waals surface area (Å²) in [5, 5.41) is 19.0. The maximum Gasteiger partial charge on any atom is 0.389 e. The second kappa shape index (κ2) is 7.95. The van der Waals surface area contributed by atoms with Gasteiger partial charge in [0.25, 0.3) is 0 Å². The van der Waals surface area contributed by atoms with Crippen LogP contribution >= 0.6 is 22.7 Å². The van der Waals surface area contributed by atoms with Crippen LogP contribution in [0, 0.1) is 0 Å². The van der Waals surface area contributed by atoms with E-state index < -0.39 is 12.6 Å². The van der Waals surface area contributed by atoms with Crippen molar-refractivity contribution in [2.24, 2.45) is 4.99 Å². The number of rotatable bonds is 5. The normalized spacial score (nSPS) is 21.9. The van der Waals surface area contributed by atoms with Gasteiger partial charge in [-0.2, -0.15) is 13.2 Å². The SMILES string of the molecule is CC(CCC(F)(F)F)=Nc1nnc(C2CCCC(c3nnc(N)s3)C2)s1. The summed E-state index contributed by atoms with van der Waals surface area (Å²) < 4.78 is 36.8. The van der Waals surface area contributed by atoms with Gasteiger partial charge in [0.2, 0.25) is 10.3 Å². The molecule has 26 heavy (non-hydrogen) atoms. The predicted molar refractivity (Wildman–Crippen MR) is 96.2 cm³/mol. The van der Waals surface area contributed by atoms with Crippen LogP contribution in [-0.2, 0) is 0 Å². The highest BCUT2D eigenvalue weighted by molar-refractivity contribution is 7.15. The molecule has 0 aromatic carbocycles. The first-order chi connectivity index (χ1) is 12.3. The van der Waals surface area contributed by atoms with Gasteiger partial charge < -0.3 is 5.73 Å². The van der Waals surface area contributed by atoms with Crippen molar-refractivity contribution in [3.63, 3.8) is 0 Å². The molecule has 1 aliphatic rings. The van der Waals surface area contributed by atoms with Crippen LogP contribution in [0.25, 0.3) is 0 Å². The van der Waals surface area contributed by atoms with Crippen molar-refractivity contribution in [1.29, 1.82) is 0 Å². The van der Waals surface area contributed by atoms with E-state index in [1.54, 1.807) is 6.92 Å². The maximum atomic E-state index is 12.3. The van der Waals surface area contributed by atoms with Crippen molar-refractivity contribution in [2.75, 3.05) is 5.73 Å². The average molecular weight is 404 g/mol. The summed E-state index contributed by atoms with van der Waals surface area (Å²) in [7, 11) is 0. The number of halogens is 3. The van der Waals surface area contributed by atoms with Crippen LogP contribution in [-0.4, -0.2) is 32.3 Å². The first-order valence-corrected chi connectivity index (χ1v) is 9.96. The lowest BCUT2D eigenvalue weighted by atomic mass is 9.82. The van der Waals surface area contributed by atoms with Gasteiger partial charge in [-0.25, -0.2) is 4.99 Å². The van der Waals surface area contributed by atoms with Crippen LogP contribution in [0.2, 0.25) is 0 Å². The molecule has 11 heteroatoms. The van der Waals surface area contributed by atoms with Gasteiger partial charge in [0, 0.05) is 24.0 Å². The third-order valence-corrected chi connectivity index (χ3v) is 6.21. The van der Waals surface area contributed by atoms with E-state index in [-0.39, 0.29) is 12.3 Å². The third kappa shape index (κ3) is 5.19. The zero-order valence-corrected chi connectivity index (χ0v) is 15.8. The predicted octanol–water partition coefficient (Wildman–Crippen LogP) is 4.85. The monoisotopic (exact) mass is 404 g/mol. The Morgan fingerprint density at radius 2 is 1.77 bits per heavy atom. The molecular weight excluding hydrogens is 385 g/mol. The number of nitrogens with two attached hydrogens (primary N) is 1. The Balaban J connectivity index is 1.63. The molecule has 2 unspecified atom stereocenters. The molecule has 1 saturated carbocycles. The fraction of sp³-hybridized carbons (Fsp3) is 0.667. The molecular formula is C15H19F3N6S2. The minimum Gasteiger partial charge on any atom is -0.374 e. The molecule has 0 aliphatic heterocycles. The number of aliphatic imine (C=N–C) groups is 1. The van der Waals surface area contributed by atoms with Gasteiger partial charge in [-0.15, -0.1) is 20.4 Å². The van der Waals surface area contributed by atoms with E-state index >= 15 is 0 Å². The zero-order valence-electron chi connectivity index (χ0n) is 14.2. The van der Waals surface area contributed by atoms with E-state index in [4.69, 9.17) is 5.73 Å². The van der Waals surface area contributed by atoms with Crippen LogP contribution in [0.1, 0.15) is 67.3 Å². The Morgan fingerprint density at radius 3 is 2.38 bits per heavy atom. The largest absolute Gasteiger partial charge is 0.389 e. The standard InChI is InChI=1S/C15H19F3N6S2/c1-8(5-6-15(16,17)18)20-14-24-22-12(26-14)10-4-2-3-9(7-10)11-21-23-13(19)25-11/h9-10H,2-7H2,1H3,(H2,19,23). The summed E-state index contributed by atoms with van der Waals surface area (Å²) in [6.45, 7) is 1.59. The van der Waals surface area contributed by atoms with Crippen molar-refractivity contribution >= 4 is 38.6 Å².